The average Bonchev–Trinajstić information content (AvgIpc) is 3.26. The Labute approximate surface area is 172 Å². The Hall–Kier alpha value is -2.81. The second-order valence-electron chi connectivity index (χ2n) is 6.48. The summed E-state index contributed by atoms with van der Waals surface area (Å²) in [6, 6.07) is 15.4. The van der Waals surface area contributed by atoms with Crippen molar-refractivity contribution >= 4 is 32.4 Å². The molecule has 5 nitrogen and oxygen atoms in total. The summed E-state index contributed by atoms with van der Waals surface area (Å²) in [7, 11) is -3.56. The fourth-order valence-electron chi connectivity index (χ4n) is 2.86. The van der Waals surface area contributed by atoms with Crippen LogP contribution < -0.4 is 4.72 Å². The maximum atomic E-state index is 13.1. The van der Waals surface area contributed by atoms with Gasteiger partial charge in [0.2, 0.25) is 10.0 Å². The minimum Gasteiger partial charge on any atom is -0.294 e. The molecule has 8 heteroatoms. The minimum absolute atomic E-state index is 0.188. The zero-order chi connectivity index (χ0) is 20.4. The Bertz CT molecular complexity index is 1270. The molecule has 2 heterocycles. The van der Waals surface area contributed by atoms with E-state index in [9.17, 15) is 12.8 Å². The summed E-state index contributed by atoms with van der Waals surface area (Å²) in [6.45, 7) is 2.11. The minimum atomic E-state index is -3.56. The van der Waals surface area contributed by atoms with Crippen molar-refractivity contribution in [2.75, 3.05) is 0 Å². The SMILES string of the molecule is Cc1c(CNS(=O)(=O)/C=C/c2ccccc2)sc2nc(-c3ccc(F)cc3)cn12. The molecule has 0 saturated heterocycles. The number of nitrogens with one attached hydrogen (secondary N) is 1. The van der Waals surface area contributed by atoms with Gasteiger partial charge >= 0.3 is 0 Å². The van der Waals surface area contributed by atoms with E-state index in [1.165, 1.54) is 28.9 Å². The Morgan fingerprint density at radius 1 is 1.14 bits per heavy atom. The number of nitrogens with zero attached hydrogens (tertiary/aromatic N) is 2. The van der Waals surface area contributed by atoms with Gasteiger partial charge in [0.15, 0.2) is 4.96 Å². The molecule has 1 N–H and O–H groups in total. The maximum Gasteiger partial charge on any atom is 0.234 e. The zero-order valence-corrected chi connectivity index (χ0v) is 17.2. The standard InChI is InChI=1S/C21H18FN3O2S2/c1-15-20(13-23-29(26,27)12-11-16-5-3-2-4-6-16)28-21-24-19(14-25(15)21)17-7-9-18(22)10-8-17/h2-12,14,23H,13H2,1H3/b12-11+. The predicted octanol–water partition coefficient (Wildman–Crippen LogP) is 4.60. The van der Waals surface area contributed by atoms with Crippen LogP contribution >= 0.6 is 11.3 Å². The van der Waals surface area contributed by atoms with Crippen LogP contribution in [0.5, 0.6) is 0 Å². The number of sulfonamides is 1. The number of aromatic nitrogens is 2. The van der Waals surface area contributed by atoms with Gasteiger partial charge in [0.25, 0.3) is 0 Å². The molecule has 0 bridgehead atoms. The quantitative estimate of drug-likeness (QED) is 0.489. The molecular weight excluding hydrogens is 409 g/mol. The molecule has 2 aromatic heterocycles. The van der Waals surface area contributed by atoms with Gasteiger partial charge in [0.05, 0.1) is 5.69 Å². The molecule has 0 amide bonds. The smallest absolute Gasteiger partial charge is 0.234 e. The number of imidazole rings is 1. The molecule has 148 valence electrons. The van der Waals surface area contributed by atoms with Gasteiger partial charge in [0, 0.05) is 34.3 Å². The number of aryl methyl sites for hydroxylation is 1. The van der Waals surface area contributed by atoms with E-state index >= 15 is 0 Å². The zero-order valence-electron chi connectivity index (χ0n) is 15.5. The maximum absolute atomic E-state index is 13.1. The molecule has 0 radical (unpaired) electrons. The predicted molar refractivity (Wildman–Crippen MR) is 114 cm³/mol. The molecule has 0 spiro atoms. The van der Waals surface area contributed by atoms with Gasteiger partial charge < -0.3 is 0 Å². The van der Waals surface area contributed by atoms with Gasteiger partial charge in [-0.1, -0.05) is 41.7 Å². The highest BCUT2D eigenvalue weighted by Crippen LogP contribution is 2.27. The van der Waals surface area contributed by atoms with Crippen LogP contribution in [0.1, 0.15) is 16.1 Å². The van der Waals surface area contributed by atoms with Crippen molar-refractivity contribution in [3.05, 3.63) is 88.2 Å². The van der Waals surface area contributed by atoms with Crippen LogP contribution in [0.3, 0.4) is 0 Å². The number of hydrogen-bond acceptors (Lipinski definition) is 4. The Kier molecular flexibility index (Phi) is 5.31. The second-order valence-corrected chi connectivity index (χ2v) is 9.19. The van der Waals surface area contributed by atoms with E-state index in [1.54, 1.807) is 18.2 Å². The van der Waals surface area contributed by atoms with Crippen molar-refractivity contribution in [2.24, 2.45) is 0 Å². The lowest BCUT2D eigenvalue weighted by Crippen LogP contribution is -2.20. The van der Waals surface area contributed by atoms with Crippen molar-refractivity contribution in [1.82, 2.24) is 14.1 Å². The number of fused-ring (bicyclic) bond motifs is 1. The van der Waals surface area contributed by atoms with Crippen molar-refractivity contribution < 1.29 is 12.8 Å². The summed E-state index contributed by atoms with van der Waals surface area (Å²) in [6.07, 6.45) is 3.44. The first-order chi connectivity index (χ1) is 13.9. The number of thiazole rings is 1. The van der Waals surface area contributed by atoms with Gasteiger partial charge in [-0.25, -0.2) is 22.5 Å². The summed E-state index contributed by atoms with van der Waals surface area (Å²) in [5.74, 6) is -0.290. The highest BCUT2D eigenvalue weighted by molar-refractivity contribution is 7.92. The van der Waals surface area contributed by atoms with E-state index in [0.717, 1.165) is 32.4 Å². The third-order valence-electron chi connectivity index (χ3n) is 4.47. The van der Waals surface area contributed by atoms with Crippen molar-refractivity contribution in [1.29, 1.82) is 0 Å². The van der Waals surface area contributed by atoms with Gasteiger partial charge in [-0.05, 0) is 42.8 Å². The fourth-order valence-corrected chi connectivity index (χ4v) is 4.78. The molecule has 0 atom stereocenters. The van der Waals surface area contributed by atoms with Crippen LogP contribution in [0.4, 0.5) is 4.39 Å². The van der Waals surface area contributed by atoms with E-state index in [4.69, 9.17) is 0 Å². The molecule has 0 aliphatic rings. The van der Waals surface area contributed by atoms with Crippen LogP contribution in [-0.4, -0.2) is 17.8 Å². The molecule has 0 aliphatic heterocycles. The number of hydrogen-bond donors (Lipinski definition) is 1. The van der Waals surface area contributed by atoms with Gasteiger partial charge in [-0.15, -0.1) is 0 Å². The highest BCUT2D eigenvalue weighted by atomic mass is 32.2. The van der Waals surface area contributed by atoms with E-state index in [1.807, 2.05) is 47.9 Å². The Balaban J connectivity index is 1.50. The normalized spacial score (nSPS) is 12.2. The summed E-state index contributed by atoms with van der Waals surface area (Å²) in [5, 5.41) is 1.17. The summed E-state index contributed by atoms with van der Waals surface area (Å²) in [5.41, 5.74) is 3.31. The summed E-state index contributed by atoms with van der Waals surface area (Å²) in [4.78, 5) is 6.23. The molecule has 2 aromatic carbocycles. The third-order valence-corrected chi connectivity index (χ3v) is 6.66. The first-order valence-corrected chi connectivity index (χ1v) is 11.2. The van der Waals surface area contributed by atoms with Crippen LogP contribution in [0.2, 0.25) is 0 Å². The number of benzene rings is 2. The lowest BCUT2D eigenvalue weighted by atomic mass is 10.2. The Morgan fingerprint density at radius 2 is 1.86 bits per heavy atom. The first-order valence-electron chi connectivity index (χ1n) is 8.87. The van der Waals surface area contributed by atoms with Crippen LogP contribution in [-0.2, 0) is 16.6 Å². The van der Waals surface area contributed by atoms with E-state index < -0.39 is 10.0 Å². The van der Waals surface area contributed by atoms with Crippen LogP contribution in [0.25, 0.3) is 22.3 Å². The lowest BCUT2D eigenvalue weighted by molar-refractivity contribution is 0.591. The van der Waals surface area contributed by atoms with Crippen LogP contribution in [0, 0.1) is 12.7 Å². The van der Waals surface area contributed by atoms with Gasteiger partial charge in [-0.3, -0.25) is 4.40 Å². The third kappa shape index (κ3) is 4.45. The fraction of sp³-hybridized carbons (Fsp3) is 0.0952. The first kappa shape index (κ1) is 19.5. The van der Waals surface area contributed by atoms with Crippen LogP contribution in [0.15, 0.2) is 66.2 Å². The second kappa shape index (κ2) is 7.90. The monoisotopic (exact) mass is 427 g/mol. The summed E-state index contributed by atoms with van der Waals surface area (Å²) < 4.78 is 42.2. The van der Waals surface area contributed by atoms with Crippen molar-refractivity contribution in [3.8, 4) is 11.3 Å². The molecular formula is C21H18FN3O2S2. The Morgan fingerprint density at radius 3 is 2.55 bits per heavy atom. The van der Waals surface area contributed by atoms with E-state index in [0.29, 0.717) is 0 Å². The molecule has 4 rings (SSSR count). The number of halogens is 1. The molecule has 0 aliphatic carbocycles. The van der Waals surface area contributed by atoms with Gasteiger partial charge in [0.1, 0.15) is 5.82 Å². The highest BCUT2D eigenvalue weighted by Gasteiger charge is 2.14. The lowest BCUT2D eigenvalue weighted by Gasteiger charge is -2.02. The van der Waals surface area contributed by atoms with Crippen molar-refractivity contribution in [2.45, 2.75) is 13.5 Å². The molecule has 0 fully saturated rings. The molecule has 0 unspecified atom stereocenters. The largest absolute Gasteiger partial charge is 0.294 e. The molecule has 0 saturated carbocycles. The van der Waals surface area contributed by atoms with Crippen molar-refractivity contribution in [3.63, 3.8) is 0 Å². The topological polar surface area (TPSA) is 63.5 Å². The average molecular weight is 428 g/mol. The van der Waals surface area contributed by atoms with Gasteiger partial charge in [-0.2, -0.15) is 0 Å². The molecule has 29 heavy (non-hydrogen) atoms. The van der Waals surface area contributed by atoms with E-state index in [-0.39, 0.29) is 12.4 Å². The molecule has 4 aromatic rings. The number of rotatable bonds is 6. The van der Waals surface area contributed by atoms with E-state index in [2.05, 4.69) is 9.71 Å². The summed E-state index contributed by atoms with van der Waals surface area (Å²) >= 11 is 1.42.